The number of anilines is 1. The second-order valence-electron chi connectivity index (χ2n) is 5.73. The van der Waals surface area contributed by atoms with Crippen LogP contribution in [0.3, 0.4) is 0 Å². The average Bonchev–Trinajstić information content (AvgIpc) is 2.59. The molecule has 26 heavy (non-hydrogen) atoms. The first-order valence-electron chi connectivity index (χ1n) is 7.90. The van der Waals surface area contributed by atoms with Crippen molar-refractivity contribution >= 4 is 56.6 Å². The predicted molar refractivity (Wildman–Crippen MR) is 110 cm³/mol. The number of benzene rings is 2. The highest BCUT2D eigenvalue weighted by Crippen LogP contribution is 2.43. The number of halogens is 2. The minimum absolute atomic E-state index is 0.232. The molecule has 7 heteroatoms. The van der Waals surface area contributed by atoms with E-state index in [1.54, 1.807) is 17.0 Å². The maximum absolute atomic E-state index is 14.3. The molecule has 0 amide bonds. The molecule has 0 radical (unpaired) electrons. The van der Waals surface area contributed by atoms with Crippen molar-refractivity contribution in [1.82, 2.24) is 0 Å². The fraction of sp³-hybridized carbons (Fsp3) is 0.158. The van der Waals surface area contributed by atoms with Crippen LogP contribution >= 0.6 is 39.9 Å². The van der Waals surface area contributed by atoms with E-state index in [0.29, 0.717) is 19.9 Å². The number of aliphatic carboxylic acids is 1. The Balaban J connectivity index is 2.08. The Hall–Kier alpha value is -1.70. The standard InChI is InChI=1S/C19H15BrFNO2S2/c1-2-11-3-6-16-15(7-11)22(19(25)17(26-16)9-18(23)24)10-12-4-5-13(20)8-14(12)21/h3-9H,2,10H2,1H3,(H,23,24)/b17-9-. The lowest BCUT2D eigenvalue weighted by Crippen LogP contribution is -2.33. The van der Waals surface area contributed by atoms with Crippen molar-refractivity contribution in [2.75, 3.05) is 4.90 Å². The third-order valence-electron chi connectivity index (χ3n) is 4.00. The molecule has 0 saturated heterocycles. The Morgan fingerprint density at radius 2 is 2.12 bits per heavy atom. The molecule has 1 aliphatic rings. The number of carboxylic acids is 1. The van der Waals surface area contributed by atoms with Crippen molar-refractivity contribution < 1.29 is 14.3 Å². The summed E-state index contributed by atoms with van der Waals surface area (Å²) in [5.41, 5.74) is 2.51. The van der Waals surface area contributed by atoms with Gasteiger partial charge in [0.2, 0.25) is 0 Å². The average molecular weight is 452 g/mol. The fourth-order valence-electron chi connectivity index (χ4n) is 2.67. The summed E-state index contributed by atoms with van der Waals surface area (Å²) in [6.45, 7) is 2.29. The van der Waals surface area contributed by atoms with Crippen molar-refractivity contribution in [1.29, 1.82) is 0 Å². The van der Waals surface area contributed by atoms with Gasteiger partial charge in [-0.1, -0.05) is 59.0 Å². The topological polar surface area (TPSA) is 40.5 Å². The minimum Gasteiger partial charge on any atom is -0.478 e. The van der Waals surface area contributed by atoms with E-state index in [4.69, 9.17) is 17.3 Å². The molecule has 0 aromatic heterocycles. The van der Waals surface area contributed by atoms with E-state index in [1.807, 2.05) is 18.2 Å². The van der Waals surface area contributed by atoms with Gasteiger partial charge >= 0.3 is 5.97 Å². The molecule has 3 nitrogen and oxygen atoms in total. The van der Waals surface area contributed by atoms with E-state index in [1.165, 1.54) is 17.8 Å². The summed E-state index contributed by atoms with van der Waals surface area (Å²) >= 11 is 10.1. The van der Waals surface area contributed by atoms with Crippen molar-refractivity contribution in [3.8, 4) is 0 Å². The zero-order valence-corrected chi connectivity index (χ0v) is 17.0. The molecule has 3 rings (SSSR count). The van der Waals surface area contributed by atoms with Crippen LogP contribution in [0.4, 0.5) is 10.1 Å². The fourth-order valence-corrected chi connectivity index (χ4v) is 4.35. The van der Waals surface area contributed by atoms with Gasteiger partial charge in [0.1, 0.15) is 10.8 Å². The normalized spacial score (nSPS) is 15.3. The third-order valence-corrected chi connectivity index (χ3v) is 6.16. The first-order chi connectivity index (χ1) is 12.4. The molecule has 0 spiro atoms. The van der Waals surface area contributed by atoms with Gasteiger partial charge in [0.25, 0.3) is 0 Å². The summed E-state index contributed by atoms with van der Waals surface area (Å²) in [4.78, 5) is 14.7. The Morgan fingerprint density at radius 3 is 2.77 bits per heavy atom. The maximum Gasteiger partial charge on any atom is 0.329 e. The van der Waals surface area contributed by atoms with Gasteiger partial charge in [-0.15, -0.1) is 0 Å². The molecule has 0 unspecified atom stereocenters. The van der Waals surface area contributed by atoms with Crippen molar-refractivity contribution in [2.45, 2.75) is 24.8 Å². The first kappa shape index (κ1) is 19.1. The van der Waals surface area contributed by atoms with Gasteiger partial charge in [0.05, 0.1) is 17.1 Å². The highest BCUT2D eigenvalue weighted by molar-refractivity contribution is 9.10. The third kappa shape index (κ3) is 4.00. The van der Waals surface area contributed by atoms with E-state index >= 15 is 0 Å². The van der Waals surface area contributed by atoms with Crippen molar-refractivity contribution in [3.05, 3.63) is 68.8 Å². The van der Waals surface area contributed by atoms with Crippen molar-refractivity contribution in [3.63, 3.8) is 0 Å². The van der Waals surface area contributed by atoms with Crippen LogP contribution < -0.4 is 4.90 Å². The smallest absolute Gasteiger partial charge is 0.329 e. The monoisotopic (exact) mass is 451 g/mol. The lowest BCUT2D eigenvalue weighted by atomic mass is 10.1. The van der Waals surface area contributed by atoms with Crippen LogP contribution in [-0.4, -0.2) is 16.1 Å². The molecule has 1 aliphatic heterocycles. The predicted octanol–water partition coefficient (Wildman–Crippen LogP) is 5.56. The zero-order valence-electron chi connectivity index (χ0n) is 13.8. The lowest BCUT2D eigenvalue weighted by molar-refractivity contribution is -0.131. The molecule has 1 heterocycles. The van der Waals surface area contributed by atoms with Crippen LogP contribution in [0.5, 0.6) is 0 Å². The van der Waals surface area contributed by atoms with E-state index < -0.39 is 5.97 Å². The number of aryl methyl sites for hydroxylation is 1. The van der Waals surface area contributed by atoms with Gasteiger partial charge in [0, 0.05) is 21.0 Å². The molecule has 0 aliphatic carbocycles. The van der Waals surface area contributed by atoms with Crippen LogP contribution in [-0.2, 0) is 17.8 Å². The number of carbonyl (C=O) groups is 1. The largest absolute Gasteiger partial charge is 0.478 e. The number of carboxylic acid groups (broad SMARTS) is 1. The second kappa shape index (κ2) is 7.90. The summed E-state index contributed by atoms with van der Waals surface area (Å²) < 4.78 is 15.0. The number of thiocarbonyl (C=S) groups is 1. The molecule has 1 N–H and O–H groups in total. The second-order valence-corrected chi connectivity index (χ2v) is 8.12. The summed E-state index contributed by atoms with van der Waals surface area (Å²) in [5, 5.41) is 9.13. The number of fused-ring (bicyclic) bond motifs is 1. The molecular formula is C19H15BrFNO2S2. The van der Waals surface area contributed by atoms with Crippen LogP contribution in [0.25, 0.3) is 0 Å². The van der Waals surface area contributed by atoms with Gasteiger partial charge in [-0.05, 0) is 36.2 Å². The molecule has 134 valence electrons. The van der Waals surface area contributed by atoms with E-state index in [9.17, 15) is 9.18 Å². The van der Waals surface area contributed by atoms with Gasteiger partial charge in [-0.2, -0.15) is 0 Å². The Labute approximate surface area is 169 Å². The van der Waals surface area contributed by atoms with Crippen molar-refractivity contribution in [2.24, 2.45) is 0 Å². The minimum atomic E-state index is -1.06. The van der Waals surface area contributed by atoms with Crippen LogP contribution in [0.1, 0.15) is 18.1 Å². The summed E-state index contributed by atoms with van der Waals surface area (Å²) in [7, 11) is 0. The first-order valence-corrected chi connectivity index (χ1v) is 9.92. The molecule has 0 atom stereocenters. The van der Waals surface area contributed by atoms with E-state index in [0.717, 1.165) is 28.6 Å². The molecule has 0 bridgehead atoms. The number of hydrogen-bond donors (Lipinski definition) is 1. The zero-order chi connectivity index (χ0) is 18.8. The highest BCUT2D eigenvalue weighted by atomic mass is 79.9. The SMILES string of the molecule is CCc1ccc2c(c1)N(Cc1ccc(Br)cc1F)C(=S)/C(=C/C(=O)O)S2. The van der Waals surface area contributed by atoms with E-state index in [2.05, 4.69) is 22.9 Å². The maximum atomic E-state index is 14.3. The lowest BCUT2D eigenvalue weighted by Gasteiger charge is -2.33. The summed E-state index contributed by atoms with van der Waals surface area (Å²) in [5.74, 6) is -1.39. The molecule has 2 aromatic rings. The molecule has 0 saturated carbocycles. The Kier molecular flexibility index (Phi) is 5.79. The Bertz CT molecular complexity index is 930. The van der Waals surface area contributed by atoms with Gasteiger partial charge in [-0.25, -0.2) is 9.18 Å². The number of nitrogens with zero attached hydrogens (tertiary/aromatic N) is 1. The van der Waals surface area contributed by atoms with Gasteiger partial charge in [-0.3, -0.25) is 0 Å². The highest BCUT2D eigenvalue weighted by Gasteiger charge is 2.27. The summed E-state index contributed by atoms with van der Waals surface area (Å²) in [6.07, 6.45) is 1.97. The van der Waals surface area contributed by atoms with Gasteiger partial charge in [0.15, 0.2) is 0 Å². The number of thioether (sulfide) groups is 1. The Morgan fingerprint density at radius 1 is 1.35 bits per heavy atom. The molecule has 2 aromatic carbocycles. The van der Waals surface area contributed by atoms with Crippen LogP contribution in [0.2, 0.25) is 0 Å². The molecule has 0 fully saturated rings. The number of rotatable bonds is 4. The van der Waals surface area contributed by atoms with Crippen LogP contribution in [0, 0.1) is 5.82 Å². The molecular weight excluding hydrogens is 437 g/mol. The summed E-state index contributed by atoms with van der Waals surface area (Å²) in [6, 6.07) is 10.9. The van der Waals surface area contributed by atoms with Gasteiger partial charge < -0.3 is 10.0 Å². The van der Waals surface area contributed by atoms with E-state index in [-0.39, 0.29) is 12.4 Å². The van der Waals surface area contributed by atoms with Crippen LogP contribution in [0.15, 0.2) is 56.7 Å². The number of hydrogen-bond acceptors (Lipinski definition) is 3. The quantitative estimate of drug-likeness (QED) is 0.486.